The molecule has 0 spiro atoms. The van der Waals surface area contributed by atoms with Gasteiger partial charge in [0.1, 0.15) is 5.70 Å². The number of ether oxygens (including phenoxy) is 1. The van der Waals surface area contributed by atoms with E-state index in [1.165, 1.54) is 12.0 Å². The summed E-state index contributed by atoms with van der Waals surface area (Å²) >= 11 is 0. The molecule has 2 heterocycles. The van der Waals surface area contributed by atoms with E-state index in [0.717, 1.165) is 33.8 Å². The highest BCUT2D eigenvalue weighted by molar-refractivity contribution is 6.14. The smallest absolute Gasteiger partial charge is 0.338 e. The number of aromatic nitrogens is 1. The van der Waals surface area contributed by atoms with E-state index in [-0.39, 0.29) is 18.1 Å². The molecule has 1 fully saturated rings. The van der Waals surface area contributed by atoms with Crippen LogP contribution < -0.4 is 5.32 Å². The minimum Gasteiger partial charge on any atom is -0.465 e. The van der Waals surface area contributed by atoms with Gasteiger partial charge in [-0.15, -0.1) is 0 Å². The van der Waals surface area contributed by atoms with Gasteiger partial charge in [0.15, 0.2) is 0 Å². The van der Waals surface area contributed by atoms with Gasteiger partial charge in [-0.3, -0.25) is 9.69 Å². The first-order valence-electron chi connectivity index (χ1n) is 10.6. The minimum absolute atomic E-state index is 0.210. The van der Waals surface area contributed by atoms with Crippen LogP contribution in [0.4, 0.5) is 4.79 Å². The number of benzene rings is 2. The van der Waals surface area contributed by atoms with E-state index in [0.29, 0.717) is 5.56 Å². The van der Waals surface area contributed by atoms with Gasteiger partial charge >= 0.3 is 12.0 Å². The molecular formula is C26H25N3O4. The van der Waals surface area contributed by atoms with Gasteiger partial charge < -0.3 is 14.6 Å². The molecule has 0 bridgehead atoms. The van der Waals surface area contributed by atoms with Gasteiger partial charge in [0.2, 0.25) is 0 Å². The molecule has 1 aromatic heterocycles. The van der Waals surface area contributed by atoms with E-state index in [1.54, 1.807) is 12.1 Å². The highest BCUT2D eigenvalue weighted by Gasteiger charge is 2.33. The third-order valence-corrected chi connectivity index (χ3v) is 5.87. The Balaban J connectivity index is 1.68. The second-order valence-corrected chi connectivity index (χ2v) is 7.97. The maximum atomic E-state index is 12.9. The van der Waals surface area contributed by atoms with Crippen molar-refractivity contribution in [3.8, 4) is 5.69 Å². The Morgan fingerprint density at radius 2 is 1.76 bits per heavy atom. The summed E-state index contributed by atoms with van der Waals surface area (Å²) in [5, 5.41) is 2.69. The van der Waals surface area contributed by atoms with Crippen molar-refractivity contribution >= 4 is 24.0 Å². The monoisotopic (exact) mass is 443 g/mol. The molecule has 7 nitrogen and oxygen atoms in total. The van der Waals surface area contributed by atoms with E-state index in [2.05, 4.69) is 5.32 Å². The zero-order chi connectivity index (χ0) is 23.7. The lowest BCUT2D eigenvalue weighted by Gasteiger charge is -2.15. The van der Waals surface area contributed by atoms with Crippen LogP contribution in [0.1, 0.15) is 38.4 Å². The van der Waals surface area contributed by atoms with Crippen LogP contribution >= 0.6 is 0 Å². The summed E-state index contributed by atoms with van der Waals surface area (Å²) in [6, 6.07) is 16.4. The lowest BCUT2D eigenvalue weighted by Crippen LogP contribution is -2.30. The summed E-state index contributed by atoms with van der Waals surface area (Å²) in [5.74, 6) is -0.755. The molecule has 0 aliphatic carbocycles. The van der Waals surface area contributed by atoms with E-state index in [1.807, 2.05) is 73.9 Å². The molecule has 7 heteroatoms. The summed E-state index contributed by atoms with van der Waals surface area (Å²) in [4.78, 5) is 38.7. The number of carbonyl (C=O) groups excluding carboxylic acids is 3. The Hall–Kier alpha value is -4.13. The van der Waals surface area contributed by atoms with Crippen molar-refractivity contribution < 1.29 is 19.1 Å². The van der Waals surface area contributed by atoms with Crippen molar-refractivity contribution in [1.82, 2.24) is 14.8 Å². The number of rotatable bonds is 5. The van der Waals surface area contributed by atoms with Crippen LogP contribution in [-0.4, -0.2) is 34.5 Å². The molecule has 0 saturated carbocycles. The standard InChI is InChI=1S/C26H25N3O4/c1-16-13-20(18(3)29(16)23-12-8-11-21(17(23)2)25(31)33-4)14-22-24(30)28(26(32)27-22)15-19-9-6-5-7-10-19/h5-14H,15H2,1-4H3,(H,27,32)/b22-14+. The second kappa shape index (κ2) is 8.78. The molecule has 1 aliphatic heterocycles. The molecule has 168 valence electrons. The number of hydrogen-bond donors (Lipinski definition) is 1. The van der Waals surface area contributed by atoms with Crippen molar-refractivity contribution in [1.29, 1.82) is 0 Å². The lowest BCUT2D eigenvalue weighted by atomic mass is 10.1. The number of aryl methyl sites for hydroxylation is 1. The number of carbonyl (C=O) groups is 3. The van der Waals surface area contributed by atoms with E-state index < -0.39 is 12.0 Å². The summed E-state index contributed by atoms with van der Waals surface area (Å²) in [7, 11) is 1.36. The number of nitrogens with zero attached hydrogens (tertiary/aromatic N) is 2. The highest BCUT2D eigenvalue weighted by Crippen LogP contribution is 2.27. The molecule has 0 atom stereocenters. The van der Waals surface area contributed by atoms with Gasteiger partial charge in [-0.25, -0.2) is 9.59 Å². The Bertz CT molecular complexity index is 1290. The van der Waals surface area contributed by atoms with Crippen LogP contribution in [0.3, 0.4) is 0 Å². The zero-order valence-corrected chi connectivity index (χ0v) is 19.0. The number of amides is 3. The molecule has 33 heavy (non-hydrogen) atoms. The molecule has 1 saturated heterocycles. The third-order valence-electron chi connectivity index (χ3n) is 5.87. The van der Waals surface area contributed by atoms with Crippen LogP contribution in [0.2, 0.25) is 0 Å². The Morgan fingerprint density at radius 3 is 2.45 bits per heavy atom. The topological polar surface area (TPSA) is 80.6 Å². The van der Waals surface area contributed by atoms with Gasteiger partial charge in [-0.1, -0.05) is 36.4 Å². The van der Waals surface area contributed by atoms with Crippen LogP contribution in [-0.2, 0) is 16.1 Å². The molecule has 0 radical (unpaired) electrons. The third kappa shape index (κ3) is 4.05. The Labute approximate surface area is 192 Å². The quantitative estimate of drug-likeness (QED) is 0.363. The minimum atomic E-state index is -0.439. The first-order valence-corrected chi connectivity index (χ1v) is 10.6. The van der Waals surface area contributed by atoms with Crippen LogP contribution in [0, 0.1) is 20.8 Å². The first kappa shape index (κ1) is 22.1. The van der Waals surface area contributed by atoms with Gasteiger partial charge in [0.25, 0.3) is 5.91 Å². The summed E-state index contributed by atoms with van der Waals surface area (Å²) < 4.78 is 6.92. The lowest BCUT2D eigenvalue weighted by molar-refractivity contribution is -0.123. The fraction of sp³-hybridized carbons (Fsp3) is 0.192. The van der Waals surface area contributed by atoms with Crippen molar-refractivity contribution in [3.05, 3.63) is 93.9 Å². The van der Waals surface area contributed by atoms with Crippen LogP contribution in [0.15, 0.2) is 60.3 Å². The fourth-order valence-corrected chi connectivity index (χ4v) is 4.14. The highest BCUT2D eigenvalue weighted by atomic mass is 16.5. The predicted molar refractivity (Wildman–Crippen MR) is 125 cm³/mol. The predicted octanol–water partition coefficient (Wildman–Crippen LogP) is 4.28. The number of imide groups is 1. The molecule has 4 rings (SSSR count). The normalized spacial score (nSPS) is 14.7. The van der Waals surface area contributed by atoms with Gasteiger partial charge in [-0.05, 0) is 61.7 Å². The van der Waals surface area contributed by atoms with E-state index in [4.69, 9.17) is 4.74 Å². The average Bonchev–Trinajstić information content (AvgIpc) is 3.23. The molecule has 3 aromatic rings. The van der Waals surface area contributed by atoms with E-state index >= 15 is 0 Å². The molecule has 0 unspecified atom stereocenters. The van der Waals surface area contributed by atoms with Crippen molar-refractivity contribution in [2.75, 3.05) is 7.11 Å². The Kier molecular flexibility index (Phi) is 5.87. The zero-order valence-electron chi connectivity index (χ0n) is 19.0. The fourth-order valence-electron chi connectivity index (χ4n) is 4.14. The molecule has 1 aliphatic rings. The first-order chi connectivity index (χ1) is 15.8. The second-order valence-electron chi connectivity index (χ2n) is 7.97. The van der Waals surface area contributed by atoms with Gasteiger partial charge in [-0.2, -0.15) is 0 Å². The number of methoxy groups -OCH3 is 1. The number of hydrogen-bond acceptors (Lipinski definition) is 4. The Morgan fingerprint density at radius 1 is 1.03 bits per heavy atom. The van der Waals surface area contributed by atoms with Crippen LogP contribution in [0.25, 0.3) is 11.8 Å². The molecule has 2 aromatic carbocycles. The maximum Gasteiger partial charge on any atom is 0.338 e. The molecular weight excluding hydrogens is 418 g/mol. The summed E-state index contributed by atoms with van der Waals surface area (Å²) in [6.45, 7) is 5.98. The largest absolute Gasteiger partial charge is 0.465 e. The summed E-state index contributed by atoms with van der Waals surface area (Å²) in [6.07, 6.45) is 1.70. The number of urea groups is 1. The molecule has 3 amide bonds. The average molecular weight is 444 g/mol. The SMILES string of the molecule is COC(=O)c1cccc(-n2c(C)cc(/C=C3/NC(=O)N(Cc4ccccc4)C3=O)c2C)c1C. The van der Waals surface area contributed by atoms with Crippen molar-refractivity contribution in [2.45, 2.75) is 27.3 Å². The maximum absolute atomic E-state index is 12.9. The molecule has 1 N–H and O–H groups in total. The van der Waals surface area contributed by atoms with Gasteiger partial charge in [0.05, 0.1) is 19.2 Å². The number of esters is 1. The number of nitrogens with one attached hydrogen (secondary N) is 1. The van der Waals surface area contributed by atoms with Gasteiger partial charge in [0, 0.05) is 17.1 Å². The van der Waals surface area contributed by atoms with Crippen LogP contribution in [0.5, 0.6) is 0 Å². The van der Waals surface area contributed by atoms with Crippen molar-refractivity contribution in [3.63, 3.8) is 0 Å². The van der Waals surface area contributed by atoms with E-state index in [9.17, 15) is 14.4 Å². The summed E-state index contributed by atoms with van der Waals surface area (Å²) in [5.41, 5.74) is 5.88. The van der Waals surface area contributed by atoms with Crippen molar-refractivity contribution in [2.24, 2.45) is 0 Å².